The van der Waals surface area contributed by atoms with Crippen molar-refractivity contribution in [3.63, 3.8) is 0 Å². The number of benzene rings is 2. The summed E-state index contributed by atoms with van der Waals surface area (Å²) in [6, 6.07) is 18.2. The number of hydrogen-bond donors (Lipinski definition) is 1. The van der Waals surface area contributed by atoms with Crippen LogP contribution in [0.4, 0.5) is 5.69 Å². The van der Waals surface area contributed by atoms with E-state index in [0.717, 1.165) is 12.1 Å². The summed E-state index contributed by atoms with van der Waals surface area (Å²) in [5.41, 5.74) is 0.688. The van der Waals surface area contributed by atoms with Gasteiger partial charge in [0.2, 0.25) is 0 Å². The molecule has 0 radical (unpaired) electrons. The molecule has 0 bridgehead atoms. The molecule has 1 amide bonds. The van der Waals surface area contributed by atoms with Crippen LogP contribution in [0, 0.1) is 0 Å². The molecule has 2 aromatic carbocycles. The van der Waals surface area contributed by atoms with Crippen molar-refractivity contribution in [2.24, 2.45) is 0 Å². The van der Waals surface area contributed by atoms with Crippen molar-refractivity contribution < 1.29 is 14.7 Å². The molecule has 1 N–H and O–H groups in total. The van der Waals surface area contributed by atoms with Crippen LogP contribution in [0.5, 0.6) is 0 Å². The molecule has 3 aromatic rings. The molecule has 0 saturated heterocycles. The van der Waals surface area contributed by atoms with Crippen LogP contribution in [0.25, 0.3) is 5.69 Å². The lowest BCUT2D eigenvalue weighted by Gasteiger charge is -2.22. The molecule has 0 unspecified atom stereocenters. The Morgan fingerprint density at radius 3 is 2.54 bits per heavy atom. The highest BCUT2D eigenvalue weighted by molar-refractivity contribution is 6.10. The largest absolute Gasteiger partial charge is 0.375 e. The Balaban J connectivity index is 1.66. The second-order valence-corrected chi connectivity index (χ2v) is 7.07. The minimum atomic E-state index is -1.83. The molecule has 1 aliphatic rings. The molecular weight excluding hydrogens is 352 g/mol. The first-order chi connectivity index (χ1) is 13.5. The van der Waals surface area contributed by atoms with Crippen molar-refractivity contribution in [2.45, 2.75) is 25.4 Å². The summed E-state index contributed by atoms with van der Waals surface area (Å²) in [6.45, 7) is 2.49. The molecule has 0 fully saturated rings. The smallest absolute Gasteiger partial charge is 0.264 e. The zero-order valence-electron chi connectivity index (χ0n) is 15.7. The van der Waals surface area contributed by atoms with Crippen molar-refractivity contribution in [1.29, 1.82) is 0 Å². The van der Waals surface area contributed by atoms with Gasteiger partial charge in [0.05, 0.1) is 12.1 Å². The van der Waals surface area contributed by atoms with Crippen molar-refractivity contribution in [1.82, 2.24) is 4.57 Å². The summed E-state index contributed by atoms with van der Waals surface area (Å²) in [6.07, 6.45) is 4.29. The van der Waals surface area contributed by atoms with E-state index in [1.165, 1.54) is 0 Å². The van der Waals surface area contributed by atoms with Crippen LogP contribution >= 0.6 is 0 Å². The summed E-state index contributed by atoms with van der Waals surface area (Å²) < 4.78 is 1.91. The predicted octanol–water partition coefficient (Wildman–Crippen LogP) is 3.69. The third-order valence-electron chi connectivity index (χ3n) is 5.17. The van der Waals surface area contributed by atoms with Gasteiger partial charge in [-0.1, -0.05) is 37.3 Å². The second-order valence-electron chi connectivity index (χ2n) is 7.07. The lowest BCUT2D eigenvalue weighted by atomic mass is 9.88. The quantitative estimate of drug-likeness (QED) is 0.669. The minimum absolute atomic E-state index is 0.266. The molecule has 1 atom stereocenters. The number of para-hydroxylation sites is 1. The van der Waals surface area contributed by atoms with Crippen LogP contribution in [-0.2, 0) is 10.4 Å². The maximum atomic E-state index is 13.0. The monoisotopic (exact) mass is 374 g/mol. The number of hydrogen-bond acceptors (Lipinski definition) is 3. The van der Waals surface area contributed by atoms with Gasteiger partial charge in [-0.05, 0) is 36.8 Å². The van der Waals surface area contributed by atoms with Crippen molar-refractivity contribution >= 4 is 17.4 Å². The molecule has 5 nitrogen and oxygen atoms in total. The first-order valence-corrected chi connectivity index (χ1v) is 9.45. The first kappa shape index (κ1) is 18.2. The molecule has 0 saturated carbocycles. The average molecular weight is 374 g/mol. The third-order valence-corrected chi connectivity index (χ3v) is 5.17. The van der Waals surface area contributed by atoms with Gasteiger partial charge < -0.3 is 14.6 Å². The molecule has 0 spiro atoms. The minimum Gasteiger partial charge on any atom is -0.375 e. The second kappa shape index (κ2) is 7.09. The van der Waals surface area contributed by atoms with Gasteiger partial charge in [0, 0.05) is 35.8 Å². The van der Waals surface area contributed by atoms with Crippen molar-refractivity contribution in [3.8, 4) is 5.69 Å². The van der Waals surface area contributed by atoms with E-state index in [-0.39, 0.29) is 12.2 Å². The molecule has 142 valence electrons. The van der Waals surface area contributed by atoms with Gasteiger partial charge in [-0.25, -0.2) is 0 Å². The maximum Gasteiger partial charge on any atom is 0.264 e. The van der Waals surface area contributed by atoms with Crippen LogP contribution < -0.4 is 4.90 Å². The van der Waals surface area contributed by atoms with E-state index in [1.807, 2.05) is 54.2 Å². The van der Waals surface area contributed by atoms with Crippen LogP contribution in [0.1, 0.15) is 35.7 Å². The number of carbonyl (C=O) groups excluding carboxylic acids is 2. The van der Waals surface area contributed by atoms with E-state index in [9.17, 15) is 14.7 Å². The molecule has 5 heteroatoms. The van der Waals surface area contributed by atoms with Crippen LogP contribution in [0.2, 0.25) is 0 Å². The molecule has 0 aliphatic carbocycles. The van der Waals surface area contributed by atoms with Gasteiger partial charge in [-0.3, -0.25) is 9.59 Å². The van der Waals surface area contributed by atoms with E-state index in [0.29, 0.717) is 23.4 Å². The van der Waals surface area contributed by atoms with Gasteiger partial charge in [-0.15, -0.1) is 0 Å². The summed E-state index contributed by atoms with van der Waals surface area (Å²) in [7, 11) is 0. The summed E-state index contributed by atoms with van der Waals surface area (Å²) >= 11 is 0. The Morgan fingerprint density at radius 2 is 1.79 bits per heavy atom. The highest BCUT2D eigenvalue weighted by Crippen LogP contribution is 2.42. The Morgan fingerprint density at radius 1 is 1.04 bits per heavy atom. The normalized spacial score (nSPS) is 18.4. The molecule has 2 heterocycles. The number of aromatic nitrogens is 1. The fourth-order valence-corrected chi connectivity index (χ4v) is 3.80. The molecule has 1 aliphatic heterocycles. The highest BCUT2D eigenvalue weighted by Gasteiger charge is 2.50. The van der Waals surface area contributed by atoms with Gasteiger partial charge >= 0.3 is 0 Å². The number of carbonyl (C=O) groups is 2. The van der Waals surface area contributed by atoms with E-state index in [1.54, 1.807) is 35.2 Å². The van der Waals surface area contributed by atoms with Gasteiger partial charge in [0.15, 0.2) is 11.4 Å². The maximum absolute atomic E-state index is 13.0. The third kappa shape index (κ3) is 2.94. The Kier molecular flexibility index (Phi) is 4.61. The van der Waals surface area contributed by atoms with Crippen molar-refractivity contribution in [3.05, 3.63) is 84.2 Å². The molecular formula is C23H22N2O3. The molecule has 1 aromatic heterocycles. The first-order valence-electron chi connectivity index (χ1n) is 9.45. The molecule has 4 rings (SSSR count). The topological polar surface area (TPSA) is 62.5 Å². The molecule has 28 heavy (non-hydrogen) atoms. The van der Waals surface area contributed by atoms with E-state index < -0.39 is 11.5 Å². The van der Waals surface area contributed by atoms with Gasteiger partial charge in [0.25, 0.3) is 5.91 Å². The number of fused-ring (bicyclic) bond motifs is 1. The summed E-state index contributed by atoms with van der Waals surface area (Å²) in [4.78, 5) is 27.6. The highest BCUT2D eigenvalue weighted by atomic mass is 16.3. The average Bonchev–Trinajstić information content (AvgIpc) is 3.32. The number of anilines is 1. The number of ketones is 1. The Hall–Kier alpha value is -3.18. The van der Waals surface area contributed by atoms with Crippen LogP contribution in [0.3, 0.4) is 0 Å². The number of amides is 1. The summed E-state index contributed by atoms with van der Waals surface area (Å²) in [5, 5.41) is 11.3. The standard InChI is InChI=1S/C23H22N2O3/c1-2-12-25-20-11-4-3-10-19(20)23(28,22(25)27)16-21(26)17-8-7-9-18(15-17)24-13-5-6-14-24/h3-11,13-15,28H,2,12,16H2,1H3/t23-/m1/s1. The zero-order valence-corrected chi connectivity index (χ0v) is 15.7. The Bertz CT molecular complexity index is 1030. The van der Waals surface area contributed by atoms with E-state index in [2.05, 4.69) is 0 Å². The predicted molar refractivity (Wildman–Crippen MR) is 108 cm³/mol. The van der Waals surface area contributed by atoms with E-state index in [4.69, 9.17) is 0 Å². The number of aliphatic hydroxyl groups is 1. The lowest BCUT2D eigenvalue weighted by molar-refractivity contribution is -0.135. The zero-order chi connectivity index (χ0) is 19.7. The lowest BCUT2D eigenvalue weighted by Crippen LogP contribution is -2.42. The fourth-order valence-electron chi connectivity index (χ4n) is 3.80. The van der Waals surface area contributed by atoms with Gasteiger partial charge in [0.1, 0.15) is 0 Å². The van der Waals surface area contributed by atoms with E-state index >= 15 is 0 Å². The number of nitrogens with zero attached hydrogens (tertiary/aromatic N) is 2. The summed E-state index contributed by atoms with van der Waals surface area (Å²) in [5.74, 6) is -0.691. The Labute approximate surface area is 163 Å². The number of Topliss-reactive ketones (excluding diaryl/α,β-unsaturated/α-hetero) is 1. The SMILES string of the molecule is CCCN1C(=O)[C@@](O)(CC(=O)c2cccc(-n3cccc3)c2)c2ccccc21. The van der Waals surface area contributed by atoms with Gasteiger partial charge in [-0.2, -0.15) is 0 Å². The van der Waals surface area contributed by atoms with Crippen LogP contribution in [0.15, 0.2) is 73.1 Å². The van der Waals surface area contributed by atoms with Crippen LogP contribution in [-0.4, -0.2) is 27.9 Å². The van der Waals surface area contributed by atoms with Crippen molar-refractivity contribution in [2.75, 3.05) is 11.4 Å². The number of rotatable bonds is 6. The fraction of sp³-hybridized carbons (Fsp3) is 0.217.